The number of nitrogens with two attached hydrogens (primary N) is 1. The van der Waals surface area contributed by atoms with Crippen molar-refractivity contribution in [2.24, 2.45) is 16.3 Å². The van der Waals surface area contributed by atoms with Gasteiger partial charge in [0.15, 0.2) is 5.84 Å². The molecule has 1 rings (SSSR count). The van der Waals surface area contributed by atoms with E-state index >= 15 is 0 Å². The number of nitrogens with one attached hydrogen (secondary N) is 1. The van der Waals surface area contributed by atoms with Crippen LogP contribution < -0.4 is 11.1 Å². The molecule has 0 aliphatic rings. The van der Waals surface area contributed by atoms with E-state index in [2.05, 4.69) is 10.5 Å². The number of nitrogens with zero attached hydrogens (tertiary/aromatic N) is 1. The van der Waals surface area contributed by atoms with Crippen LogP contribution in [0.15, 0.2) is 29.4 Å². The van der Waals surface area contributed by atoms with Crippen molar-refractivity contribution in [2.75, 3.05) is 0 Å². The Morgan fingerprint density at radius 1 is 1.50 bits per heavy atom. The van der Waals surface area contributed by atoms with Crippen molar-refractivity contribution in [3.63, 3.8) is 0 Å². The van der Waals surface area contributed by atoms with Crippen LogP contribution in [0, 0.1) is 5.41 Å². The zero-order valence-electron chi connectivity index (χ0n) is 10.3. The fraction of sp³-hybridized carbons (Fsp3) is 0.333. The minimum absolute atomic E-state index is 0.140. The SMILES string of the molecule is CC(C)(C(=O)NCc1ccccc1Cl)C(N)=NO. The molecule has 0 unspecified atom stereocenters. The van der Waals surface area contributed by atoms with Gasteiger partial charge in [-0.2, -0.15) is 0 Å². The average Bonchev–Trinajstić information content (AvgIpc) is 2.36. The zero-order valence-corrected chi connectivity index (χ0v) is 11.0. The van der Waals surface area contributed by atoms with E-state index < -0.39 is 5.41 Å². The second-order valence-corrected chi connectivity index (χ2v) is 4.79. The van der Waals surface area contributed by atoms with Crippen molar-refractivity contribution in [1.82, 2.24) is 5.32 Å². The summed E-state index contributed by atoms with van der Waals surface area (Å²) >= 11 is 5.97. The number of carbonyl (C=O) groups excluding carboxylic acids is 1. The predicted molar refractivity (Wildman–Crippen MR) is 70.5 cm³/mol. The van der Waals surface area contributed by atoms with Gasteiger partial charge in [0.2, 0.25) is 5.91 Å². The van der Waals surface area contributed by atoms with Gasteiger partial charge >= 0.3 is 0 Å². The number of amides is 1. The second kappa shape index (κ2) is 5.73. The first kappa shape index (κ1) is 14.3. The zero-order chi connectivity index (χ0) is 13.8. The molecule has 0 heterocycles. The van der Waals surface area contributed by atoms with Gasteiger partial charge in [0.25, 0.3) is 0 Å². The first-order chi connectivity index (χ1) is 8.39. The fourth-order valence-corrected chi connectivity index (χ4v) is 1.48. The molecule has 0 aliphatic carbocycles. The lowest BCUT2D eigenvalue weighted by Crippen LogP contribution is -2.45. The van der Waals surface area contributed by atoms with Crippen molar-refractivity contribution in [3.8, 4) is 0 Å². The Kier molecular flexibility index (Phi) is 4.55. The summed E-state index contributed by atoms with van der Waals surface area (Å²) in [6.07, 6.45) is 0. The number of rotatable bonds is 4. The summed E-state index contributed by atoms with van der Waals surface area (Å²) in [6, 6.07) is 7.22. The largest absolute Gasteiger partial charge is 0.409 e. The molecule has 1 aromatic rings. The predicted octanol–water partition coefficient (Wildman–Crippen LogP) is 1.73. The Morgan fingerprint density at radius 2 is 2.11 bits per heavy atom. The van der Waals surface area contributed by atoms with Gasteiger partial charge in [-0.25, -0.2) is 0 Å². The molecule has 0 bridgehead atoms. The highest BCUT2D eigenvalue weighted by atomic mass is 35.5. The van der Waals surface area contributed by atoms with Gasteiger partial charge in [0.1, 0.15) is 5.41 Å². The summed E-state index contributed by atoms with van der Waals surface area (Å²) < 4.78 is 0. The molecule has 5 nitrogen and oxygen atoms in total. The van der Waals surface area contributed by atoms with E-state index in [1.165, 1.54) is 0 Å². The van der Waals surface area contributed by atoms with Crippen molar-refractivity contribution < 1.29 is 10.0 Å². The third-order valence-corrected chi connectivity index (χ3v) is 3.08. The lowest BCUT2D eigenvalue weighted by Gasteiger charge is -2.21. The molecule has 98 valence electrons. The molecular weight excluding hydrogens is 254 g/mol. The van der Waals surface area contributed by atoms with Crippen LogP contribution in [0.2, 0.25) is 5.02 Å². The number of hydrogen-bond donors (Lipinski definition) is 3. The van der Waals surface area contributed by atoms with Crippen molar-refractivity contribution >= 4 is 23.3 Å². The molecule has 0 fully saturated rings. The molecule has 1 aromatic carbocycles. The minimum Gasteiger partial charge on any atom is -0.409 e. The van der Waals surface area contributed by atoms with Gasteiger partial charge in [0, 0.05) is 11.6 Å². The van der Waals surface area contributed by atoms with Crippen LogP contribution in [0.5, 0.6) is 0 Å². The smallest absolute Gasteiger partial charge is 0.233 e. The number of halogens is 1. The Morgan fingerprint density at radius 3 is 2.67 bits per heavy atom. The van der Waals surface area contributed by atoms with Gasteiger partial charge < -0.3 is 16.3 Å². The van der Waals surface area contributed by atoms with E-state index in [1.807, 2.05) is 18.2 Å². The summed E-state index contributed by atoms with van der Waals surface area (Å²) in [5.74, 6) is -0.475. The van der Waals surface area contributed by atoms with Crippen LogP contribution in [0.4, 0.5) is 0 Å². The minimum atomic E-state index is -1.07. The molecule has 0 aliphatic heterocycles. The molecular formula is C12H16ClN3O2. The van der Waals surface area contributed by atoms with E-state index in [9.17, 15) is 4.79 Å². The molecule has 6 heteroatoms. The lowest BCUT2D eigenvalue weighted by atomic mass is 9.91. The Hall–Kier alpha value is -1.75. The first-order valence-electron chi connectivity index (χ1n) is 5.39. The second-order valence-electron chi connectivity index (χ2n) is 4.38. The summed E-state index contributed by atoms with van der Waals surface area (Å²) in [4.78, 5) is 11.9. The fourth-order valence-electron chi connectivity index (χ4n) is 1.28. The molecule has 1 amide bonds. The van der Waals surface area contributed by atoms with Crippen LogP contribution in [-0.4, -0.2) is 17.0 Å². The molecule has 0 radical (unpaired) electrons. The van der Waals surface area contributed by atoms with E-state index in [0.717, 1.165) is 5.56 Å². The van der Waals surface area contributed by atoms with Crippen molar-refractivity contribution in [2.45, 2.75) is 20.4 Å². The monoisotopic (exact) mass is 269 g/mol. The van der Waals surface area contributed by atoms with Gasteiger partial charge in [-0.1, -0.05) is 35.0 Å². The lowest BCUT2D eigenvalue weighted by molar-refractivity contribution is -0.126. The number of benzene rings is 1. The quantitative estimate of drug-likeness (QED) is 0.337. The molecule has 0 spiro atoms. The third-order valence-electron chi connectivity index (χ3n) is 2.71. The molecule has 4 N–H and O–H groups in total. The number of amidine groups is 1. The molecule has 0 atom stereocenters. The Bertz CT molecular complexity index is 472. The number of carbonyl (C=O) groups is 1. The van der Waals surface area contributed by atoms with E-state index in [-0.39, 0.29) is 11.7 Å². The van der Waals surface area contributed by atoms with Gasteiger partial charge in [-0.15, -0.1) is 0 Å². The summed E-state index contributed by atoms with van der Waals surface area (Å²) in [6.45, 7) is 3.44. The Labute approximate surface area is 111 Å². The molecule has 0 saturated heterocycles. The highest BCUT2D eigenvalue weighted by Crippen LogP contribution is 2.17. The molecule has 18 heavy (non-hydrogen) atoms. The third kappa shape index (κ3) is 3.13. The van der Waals surface area contributed by atoms with Gasteiger partial charge in [-0.3, -0.25) is 4.79 Å². The Balaban J connectivity index is 2.70. The maximum Gasteiger partial charge on any atom is 0.233 e. The first-order valence-corrected chi connectivity index (χ1v) is 5.77. The summed E-state index contributed by atoms with van der Waals surface area (Å²) in [5, 5.41) is 14.8. The van der Waals surface area contributed by atoms with Crippen LogP contribution in [0.3, 0.4) is 0 Å². The summed E-state index contributed by atoms with van der Waals surface area (Å²) in [5.41, 5.74) is 5.20. The maximum atomic E-state index is 11.9. The van der Waals surface area contributed by atoms with Gasteiger partial charge in [-0.05, 0) is 25.5 Å². The van der Waals surface area contributed by atoms with Crippen LogP contribution >= 0.6 is 11.6 Å². The van der Waals surface area contributed by atoms with E-state index in [1.54, 1.807) is 19.9 Å². The van der Waals surface area contributed by atoms with E-state index in [4.69, 9.17) is 22.5 Å². The molecule has 0 aromatic heterocycles. The average molecular weight is 270 g/mol. The van der Waals surface area contributed by atoms with Crippen molar-refractivity contribution in [3.05, 3.63) is 34.9 Å². The number of hydrogen-bond acceptors (Lipinski definition) is 3. The van der Waals surface area contributed by atoms with Crippen LogP contribution in [0.1, 0.15) is 19.4 Å². The standard InChI is InChI=1S/C12H16ClN3O2/c1-12(2,10(14)16-18)11(17)15-7-8-5-3-4-6-9(8)13/h3-6,18H,7H2,1-2H3,(H2,14,16)(H,15,17). The normalized spacial score (nSPS) is 12.3. The summed E-state index contributed by atoms with van der Waals surface area (Å²) in [7, 11) is 0. The van der Waals surface area contributed by atoms with Crippen LogP contribution in [0.25, 0.3) is 0 Å². The van der Waals surface area contributed by atoms with Crippen molar-refractivity contribution in [1.29, 1.82) is 0 Å². The van der Waals surface area contributed by atoms with Crippen LogP contribution in [-0.2, 0) is 11.3 Å². The van der Waals surface area contributed by atoms with Gasteiger partial charge in [0.05, 0.1) is 0 Å². The number of oxime groups is 1. The highest BCUT2D eigenvalue weighted by molar-refractivity contribution is 6.31. The highest BCUT2D eigenvalue weighted by Gasteiger charge is 2.32. The molecule has 0 saturated carbocycles. The van der Waals surface area contributed by atoms with E-state index in [0.29, 0.717) is 11.6 Å². The maximum absolute atomic E-state index is 11.9. The topological polar surface area (TPSA) is 87.7 Å².